The van der Waals surface area contributed by atoms with Crippen LogP contribution in [0.5, 0.6) is 0 Å². The van der Waals surface area contributed by atoms with Crippen molar-refractivity contribution in [2.75, 3.05) is 7.11 Å². The number of esters is 1. The number of methoxy groups -OCH3 is 1. The second-order valence-electron chi connectivity index (χ2n) is 2.68. The third-order valence-electron chi connectivity index (χ3n) is 1.69. The maximum Gasteiger partial charge on any atom is 0.384 e. The summed E-state index contributed by atoms with van der Waals surface area (Å²) in [6.45, 7) is 0. The van der Waals surface area contributed by atoms with E-state index in [1.807, 2.05) is 0 Å². The van der Waals surface area contributed by atoms with Gasteiger partial charge < -0.3 is 4.74 Å². The quantitative estimate of drug-likeness (QED) is 0.416. The molecule has 0 aliphatic carbocycles. The Morgan fingerprint density at radius 1 is 1.60 bits per heavy atom. The molecular formula is C11H8ClFO2. The molecule has 1 rings (SSSR count). The van der Waals surface area contributed by atoms with Gasteiger partial charge in [0, 0.05) is 17.0 Å². The van der Waals surface area contributed by atoms with Crippen molar-refractivity contribution >= 4 is 17.6 Å². The van der Waals surface area contributed by atoms with Crippen LogP contribution in [0, 0.1) is 17.7 Å². The lowest BCUT2D eigenvalue weighted by molar-refractivity contribution is -0.133. The number of carbonyl (C=O) groups is 1. The molecule has 15 heavy (non-hydrogen) atoms. The van der Waals surface area contributed by atoms with E-state index in [0.717, 1.165) is 0 Å². The maximum atomic E-state index is 13.2. The average Bonchev–Trinajstić information content (AvgIpc) is 2.26. The van der Waals surface area contributed by atoms with Crippen molar-refractivity contribution in [3.63, 3.8) is 0 Å². The fourth-order valence-electron chi connectivity index (χ4n) is 0.908. The third kappa shape index (κ3) is 3.26. The number of benzene rings is 1. The fourth-order valence-corrected chi connectivity index (χ4v) is 1.12. The lowest BCUT2D eigenvalue weighted by atomic mass is 10.1. The molecule has 0 radical (unpaired) electrons. The molecule has 0 N–H and O–H groups in total. The van der Waals surface area contributed by atoms with Crippen LogP contribution in [-0.4, -0.2) is 13.1 Å². The summed E-state index contributed by atoms with van der Waals surface area (Å²) in [7, 11) is 1.23. The maximum absolute atomic E-state index is 13.2. The van der Waals surface area contributed by atoms with Gasteiger partial charge in [-0.25, -0.2) is 9.18 Å². The number of carbonyl (C=O) groups excluding carboxylic acids is 1. The number of hydrogen-bond acceptors (Lipinski definition) is 2. The molecule has 0 aliphatic rings. The fraction of sp³-hybridized carbons (Fsp3) is 0.182. The number of ether oxygens (including phenoxy) is 1. The first-order valence-electron chi connectivity index (χ1n) is 4.11. The Morgan fingerprint density at radius 3 is 2.87 bits per heavy atom. The van der Waals surface area contributed by atoms with Crippen LogP contribution in [0.1, 0.15) is 11.1 Å². The molecule has 0 fully saturated rings. The van der Waals surface area contributed by atoms with E-state index < -0.39 is 11.8 Å². The molecule has 78 valence electrons. The van der Waals surface area contributed by atoms with Crippen LogP contribution in [0.2, 0.25) is 0 Å². The summed E-state index contributed by atoms with van der Waals surface area (Å²) in [4.78, 5) is 10.7. The van der Waals surface area contributed by atoms with Gasteiger partial charge in [-0.3, -0.25) is 0 Å². The molecule has 1 aromatic carbocycles. The molecule has 0 atom stereocenters. The van der Waals surface area contributed by atoms with Crippen LogP contribution in [0.25, 0.3) is 0 Å². The average molecular weight is 227 g/mol. The van der Waals surface area contributed by atoms with Crippen molar-refractivity contribution in [3.8, 4) is 11.8 Å². The van der Waals surface area contributed by atoms with Crippen molar-refractivity contribution in [2.45, 2.75) is 5.88 Å². The molecule has 0 saturated heterocycles. The van der Waals surface area contributed by atoms with E-state index in [1.54, 1.807) is 6.07 Å². The second-order valence-corrected chi connectivity index (χ2v) is 2.95. The summed E-state index contributed by atoms with van der Waals surface area (Å²) in [5, 5.41) is 0. The van der Waals surface area contributed by atoms with E-state index in [0.29, 0.717) is 11.1 Å². The minimum Gasteiger partial charge on any atom is -0.459 e. The Balaban J connectivity index is 2.92. The zero-order valence-electron chi connectivity index (χ0n) is 8.01. The number of alkyl halides is 1. The molecule has 4 heteroatoms. The summed E-state index contributed by atoms with van der Waals surface area (Å²) >= 11 is 5.48. The Bertz CT molecular complexity index is 432. The molecule has 0 unspecified atom stereocenters. The van der Waals surface area contributed by atoms with E-state index in [4.69, 9.17) is 11.6 Å². The second kappa shape index (κ2) is 5.38. The first kappa shape index (κ1) is 11.5. The van der Waals surface area contributed by atoms with Crippen molar-refractivity contribution < 1.29 is 13.9 Å². The lowest BCUT2D eigenvalue weighted by Gasteiger charge is -1.97. The van der Waals surface area contributed by atoms with Crippen LogP contribution >= 0.6 is 11.6 Å². The normalized spacial score (nSPS) is 9.00. The highest BCUT2D eigenvalue weighted by Crippen LogP contribution is 2.11. The van der Waals surface area contributed by atoms with Gasteiger partial charge in [-0.15, -0.1) is 11.6 Å². The summed E-state index contributed by atoms with van der Waals surface area (Å²) in [5.41, 5.74) is 0.812. The molecule has 0 spiro atoms. The van der Waals surface area contributed by atoms with Crippen molar-refractivity contribution in [2.24, 2.45) is 0 Å². The highest BCUT2D eigenvalue weighted by Gasteiger charge is 2.00. The largest absolute Gasteiger partial charge is 0.459 e. The van der Waals surface area contributed by atoms with Gasteiger partial charge in [-0.05, 0) is 12.1 Å². The van der Waals surface area contributed by atoms with Gasteiger partial charge in [0.15, 0.2) is 0 Å². The highest BCUT2D eigenvalue weighted by molar-refractivity contribution is 6.17. The molecule has 0 saturated carbocycles. The van der Waals surface area contributed by atoms with E-state index in [1.165, 1.54) is 19.2 Å². The Morgan fingerprint density at radius 2 is 2.33 bits per heavy atom. The van der Waals surface area contributed by atoms with Crippen LogP contribution in [0.3, 0.4) is 0 Å². The molecule has 0 aliphatic heterocycles. The van der Waals surface area contributed by atoms with Gasteiger partial charge in [0.2, 0.25) is 0 Å². The summed E-state index contributed by atoms with van der Waals surface area (Å²) in [6, 6.07) is 4.36. The Labute approximate surface area is 92.0 Å². The number of hydrogen-bond donors (Lipinski definition) is 0. The van der Waals surface area contributed by atoms with E-state index in [2.05, 4.69) is 16.6 Å². The molecule has 2 nitrogen and oxygen atoms in total. The van der Waals surface area contributed by atoms with Crippen LogP contribution in [0.4, 0.5) is 4.39 Å². The van der Waals surface area contributed by atoms with Crippen molar-refractivity contribution in [1.29, 1.82) is 0 Å². The lowest BCUT2D eigenvalue weighted by Crippen LogP contribution is -1.94. The minimum absolute atomic E-state index is 0.108. The highest BCUT2D eigenvalue weighted by atomic mass is 35.5. The van der Waals surface area contributed by atoms with Gasteiger partial charge in [-0.1, -0.05) is 12.0 Å². The first-order valence-corrected chi connectivity index (χ1v) is 4.65. The van der Waals surface area contributed by atoms with Gasteiger partial charge in [0.1, 0.15) is 5.82 Å². The molecule has 1 aromatic rings. The van der Waals surface area contributed by atoms with Crippen molar-refractivity contribution in [3.05, 3.63) is 35.1 Å². The molecular weight excluding hydrogens is 219 g/mol. The Hall–Kier alpha value is -1.53. The summed E-state index contributed by atoms with van der Waals surface area (Å²) < 4.78 is 17.5. The number of halogens is 2. The van der Waals surface area contributed by atoms with E-state index >= 15 is 0 Å². The van der Waals surface area contributed by atoms with Crippen LogP contribution in [0.15, 0.2) is 18.2 Å². The Kier molecular flexibility index (Phi) is 4.14. The van der Waals surface area contributed by atoms with Gasteiger partial charge in [0.05, 0.1) is 13.0 Å². The predicted octanol–water partition coefficient (Wildman–Crippen LogP) is 2.09. The van der Waals surface area contributed by atoms with Gasteiger partial charge in [-0.2, -0.15) is 0 Å². The standard InChI is InChI=1S/C11H8ClFO2/c1-15-11(14)5-3-8-2-4-9(7-12)10(13)6-8/h2,4,6H,7H2,1H3. The third-order valence-corrected chi connectivity index (χ3v) is 1.98. The molecule has 0 heterocycles. The predicted molar refractivity (Wildman–Crippen MR) is 54.9 cm³/mol. The summed E-state index contributed by atoms with van der Waals surface area (Å²) in [5.74, 6) is 3.71. The topological polar surface area (TPSA) is 26.3 Å². The molecule has 0 amide bonds. The van der Waals surface area contributed by atoms with E-state index in [9.17, 15) is 9.18 Å². The minimum atomic E-state index is -0.656. The van der Waals surface area contributed by atoms with Gasteiger partial charge in [0.25, 0.3) is 0 Å². The van der Waals surface area contributed by atoms with E-state index in [-0.39, 0.29) is 5.88 Å². The number of rotatable bonds is 1. The zero-order chi connectivity index (χ0) is 11.3. The molecule has 0 aromatic heterocycles. The van der Waals surface area contributed by atoms with Gasteiger partial charge >= 0.3 is 5.97 Å². The molecule has 0 bridgehead atoms. The SMILES string of the molecule is COC(=O)C#Cc1ccc(CCl)c(F)c1. The summed E-state index contributed by atoms with van der Waals surface area (Å²) in [6.07, 6.45) is 0. The zero-order valence-corrected chi connectivity index (χ0v) is 8.77. The van der Waals surface area contributed by atoms with Crippen LogP contribution in [-0.2, 0) is 15.4 Å². The monoisotopic (exact) mass is 226 g/mol. The van der Waals surface area contributed by atoms with Crippen molar-refractivity contribution in [1.82, 2.24) is 0 Å². The van der Waals surface area contributed by atoms with Crippen LogP contribution < -0.4 is 0 Å². The smallest absolute Gasteiger partial charge is 0.384 e. The first-order chi connectivity index (χ1) is 7.17.